The van der Waals surface area contributed by atoms with Gasteiger partial charge in [0.2, 0.25) is 5.95 Å². The van der Waals surface area contributed by atoms with Crippen LogP contribution in [-0.4, -0.2) is 25.3 Å². The first kappa shape index (κ1) is 23.1. The lowest BCUT2D eigenvalue weighted by Gasteiger charge is -2.07. The molecular weight excluding hydrogens is 454 g/mol. The lowest BCUT2D eigenvalue weighted by atomic mass is 10.1. The van der Waals surface area contributed by atoms with Crippen molar-refractivity contribution in [1.82, 2.24) is 25.3 Å². The van der Waals surface area contributed by atoms with Crippen LogP contribution in [0, 0.1) is 6.92 Å². The lowest BCUT2D eigenvalue weighted by Crippen LogP contribution is -2.04. The Labute approximate surface area is 208 Å². The smallest absolute Gasteiger partial charge is 0.224 e. The molecule has 5 rings (SSSR count). The molecule has 3 heterocycles. The second kappa shape index (κ2) is 11.2. The van der Waals surface area contributed by atoms with Crippen molar-refractivity contribution in [3.05, 3.63) is 107 Å². The summed E-state index contributed by atoms with van der Waals surface area (Å²) in [6, 6.07) is 24.0. The zero-order valence-electron chi connectivity index (χ0n) is 19.9. The SMILES string of the molecule is Cc1cc(CNc2nccc(Nc3cc(CCc4ccc(OCc5ccccc5)cc4)n[nH]3)n2)on1. The molecule has 2 aromatic carbocycles. The number of H-pyrrole nitrogens is 1. The Balaban J connectivity index is 1.09. The average Bonchev–Trinajstić information content (AvgIpc) is 3.55. The maximum Gasteiger partial charge on any atom is 0.224 e. The Morgan fingerprint density at radius 2 is 1.81 bits per heavy atom. The van der Waals surface area contributed by atoms with Gasteiger partial charge >= 0.3 is 0 Å². The second-order valence-electron chi connectivity index (χ2n) is 8.37. The van der Waals surface area contributed by atoms with Crippen LogP contribution in [0.5, 0.6) is 5.75 Å². The molecule has 0 fully saturated rings. The molecule has 0 radical (unpaired) electrons. The first-order valence-corrected chi connectivity index (χ1v) is 11.8. The van der Waals surface area contributed by atoms with Crippen molar-refractivity contribution >= 4 is 17.6 Å². The standard InChI is InChI=1S/C27H27N7O2/c1-19-15-24(36-34-19)17-29-27-28-14-13-25(31-27)30-26-16-22(32-33-26)10-7-20-8-11-23(12-9-20)35-18-21-5-3-2-4-6-21/h2-6,8-9,11-16H,7,10,17-18H2,1H3,(H3,28,29,30,31,32,33). The number of aromatic amines is 1. The van der Waals surface area contributed by atoms with E-state index in [1.807, 2.05) is 49.4 Å². The minimum Gasteiger partial charge on any atom is -0.489 e. The van der Waals surface area contributed by atoms with Gasteiger partial charge < -0.3 is 19.9 Å². The summed E-state index contributed by atoms with van der Waals surface area (Å²) in [5.41, 5.74) is 4.19. The van der Waals surface area contributed by atoms with Crippen LogP contribution in [0.1, 0.15) is 28.3 Å². The molecule has 0 amide bonds. The molecule has 0 aliphatic rings. The average molecular weight is 482 g/mol. The topological polar surface area (TPSA) is 114 Å². The van der Waals surface area contributed by atoms with Gasteiger partial charge in [-0.2, -0.15) is 10.1 Å². The number of anilines is 3. The molecule has 3 aromatic heterocycles. The van der Waals surface area contributed by atoms with E-state index in [1.54, 1.807) is 12.3 Å². The van der Waals surface area contributed by atoms with E-state index in [2.05, 4.69) is 60.2 Å². The Morgan fingerprint density at radius 3 is 2.61 bits per heavy atom. The maximum absolute atomic E-state index is 5.87. The lowest BCUT2D eigenvalue weighted by molar-refractivity contribution is 0.306. The number of nitrogens with one attached hydrogen (secondary N) is 3. The molecular formula is C27H27N7O2. The van der Waals surface area contributed by atoms with Gasteiger partial charge in [-0.05, 0) is 49.1 Å². The van der Waals surface area contributed by atoms with E-state index in [0.717, 1.165) is 47.1 Å². The predicted octanol–water partition coefficient (Wildman–Crippen LogP) is 5.22. The van der Waals surface area contributed by atoms with E-state index in [-0.39, 0.29) is 0 Å². The highest BCUT2D eigenvalue weighted by molar-refractivity contribution is 5.53. The van der Waals surface area contributed by atoms with Crippen molar-refractivity contribution in [2.45, 2.75) is 32.9 Å². The summed E-state index contributed by atoms with van der Waals surface area (Å²) >= 11 is 0. The Hall–Kier alpha value is -4.66. The molecule has 0 bridgehead atoms. The fourth-order valence-corrected chi connectivity index (χ4v) is 3.64. The zero-order chi connectivity index (χ0) is 24.6. The Bertz CT molecular complexity index is 1380. The zero-order valence-corrected chi connectivity index (χ0v) is 19.9. The van der Waals surface area contributed by atoms with Crippen molar-refractivity contribution in [2.75, 3.05) is 10.6 Å². The van der Waals surface area contributed by atoms with Crippen LogP contribution in [0.15, 0.2) is 83.5 Å². The van der Waals surface area contributed by atoms with Crippen molar-refractivity contribution in [3.63, 3.8) is 0 Å². The Kier molecular flexibility index (Phi) is 7.17. The first-order chi connectivity index (χ1) is 17.7. The van der Waals surface area contributed by atoms with Crippen molar-refractivity contribution in [2.24, 2.45) is 0 Å². The van der Waals surface area contributed by atoms with Gasteiger partial charge in [-0.3, -0.25) is 5.10 Å². The third kappa shape index (κ3) is 6.47. The molecule has 3 N–H and O–H groups in total. The molecule has 36 heavy (non-hydrogen) atoms. The van der Waals surface area contributed by atoms with Gasteiger partial charge in [-0.1, -0.05) is 47.6 Å². The molecule has 0 aliphatic carbocycles. The first-order valence-electron chi connectivity index (χ1n) is 11.8. The number of rotatable bonds is 11. The van der Waals surface area contributed by atoms with Gasteiger partial charge in [0.15, 0.2) is 5.76 Å². The van der Waals surface area contributed by atoms with Crippen molar-refractivity contribution < 1.29 is 9.26 Å². The molecule has 9 heteroatoms. The number of benzene rings is 2. The Morgan fingerprint density at radius 1 is 0.944 bits per heavy atom. The normalized spacial score (nSPS) is 10.8. The van der Waals surface area contributed by atoms with Gasteiger partial charge in [-0.15, -0.1) is 0 Å². The van der Waals surface area contributed by atoms with E-state index in [1.165, 1.54) is 5.56 Å². The van der Waals surface area contributed by atoms with E-state index >= 15 is 0 Å². The molecule has 9 nitrogen and oxygen atoms in total. The molecule has 0 atom stereocenters. The summed E-state index contributed by atoms with van der Waals surface area (Å²) in [4.78, 5) is 8.73. The highest BCUT2D eigenvalue weighted by Gasteiger charge is 2.06. The largest absolute Gasteiger partial charge is 0.489 e. The number of ether oxygens (including phenoxy) is 1. The van der Waals surface area contributed by atoms with Gasteiger partial charge in [0.25, 0.3) is 0 Å². The van der Waals surface area contributed by atoms with E-state index in [9.17, 15) is 0 Å². The predicted molar refractivity (Wildman–Crippen MR) is 137 cm³/mol. The quantitative estimate of drug-likeness (QED) is 0.235. The molecule has 182 valence electrons. The van der Waals surface area contributed by atoms with E-state index in [0.29, 0.717) is 24.9 Å². The summed E-state index contributed by atoms with van der Waals surface area (Å²) in [6.07, 6.45) is 3.38. The molecule has 0 aliphatic heterocycles. The molecule has 5 aromatic rings. The van der Waals surface area contributed by atoms with Gasteiger partial charge in [-0.25, -0.2) is 4.98 Å². The van der Waals surface area contributed by atoms with Crippen LogP contribution in [0.2, 0.25) is 0 Å². The maximum atomic E-state index is 5.87. The fraction of sp³-hybridized carbons (Fsp3) is 0.185. The van der Waals surface area contributed by atoms with Crippen LogP contribution >= 0.6 is 0 Å². The number of nitrogens with zero attached hydrogens (tertiary/aromatic N) is 4. The number of aromatic nitrogens is 5. The van der Waals surface area contributed by atoms with Crippen LogP contribution in [0.25, 0.3) is 0 Å². The summed E-state index contributed by atoms with van der Waals surface area (Å²) in [5.74, 6) is 3.50. The number of hydrogen-bond acceptors (Lipinski definition) is 8. The summed E-state index contributed by atoms with van der Waals surface area (Å²) < 4.78 is 11.1. The third-order valence-electron chi connectivity index (χ3n) is 5.49. The number of aryl methyl sites for hydroxylation is 3. The summed E-state index contributed by atoms with van der Waals surface area (Å²) in [6.45, 7) is 2.90. The monoisotopic (exact) mass is 481 g/mol. The minimum atomic E-state index is 0.457. The van der Waals surface area contributed by atoms with E-state index in [4.69, 9.17) is 9.26 Å². The minimum absolute atomic E-state index is 0.457. The third-order valence-corrected chi connectivity index (χ3v) is 5.49. The highest BCUT2D eigenvalue weighted by atomic mass is 16.5. The molecule has 0 spiro atoms. The fourth-order valence-electron chi connectivity index (χ4n) is 3.64. The van der Waals surface area contributed by atoms with Crippen LogP contribution in [0.4, 0.5) is 17.6 Å². The second-order valence-corrected chi connectivity index (χ2v) is 8.37. The highest BCUT2D eigenvalue weighted by Crippen LogP contribution is 2.18. The molecule has 0 saturated heterocycles. The van der Waals surface area contributed by atoms with Crippen LogP contribution in [-0.2, 0) is 26.0 Å². The van der Waals surface area contributed by atoms with E-state index < -0.39 is 0 Å². The van der Waals surface area contributed by atoms with Crippen LogP contribution in [0.3, 0.4) is 0 Å². The summed E-state index contributed by atoms with van der Waals surface area (Å²) in [7, 11) is 0. The summed E-state index contributed by atoms with van der Waals surface area (Å²) in [5, 5.41) is 17.7. The number of hydrogen-bond donors (Lipinski definition) is 3. The van der Waals surface area contributed by atoms with Crippen molar-refractivity contribution in [1.29, 1.82) is 0 Å². The van der Waals surface area contributed by atoms with Crippen LogP contribution < -0.4 is 15.4 Å². The van der Waals surface area contributed by atoms with Gasteiger partial charge in [0, 0.05) is 18.3 Å². The molecule has 0 saturated carbocycles. The van der Waals surface area contributed by atoms with Crippen molar-refractivity contribution in [3.8, 4) is 5.75 Å². The van der Waals surface area contributed by atoms with Gasteiger partial charge in [0.05, 0.1) is 17.9 Å². The van der Waals surface area contributed by atoms with Gasteiger partial charge in [0.1, 0.15) is 24.0 Å². The molecule has 0 unspecified atom stereocenters.